The van der Waals surface area contributed by atoms with Crippen molar-refractivity contribution in [3.8, 4) is 0 Å². The van der Waals surface area contributed by atoms with Crippen molar-refractivity contribution in [3.63, 3.8) is 0 Å². The lowest BCUT2D eigenvalue weighted by Crippen LogP contribution is -2.52. The van der Waals surface area contributed by atoms with Crippen molar-refractivity contribution in [3.05, 3.63) is 0 Å². The van der Waals surface area contributed by atoms with E-state index < -0.39 is 0 Å². The minimum atomic E-state index is -0.230. The SMILES string of the molecule is CCCCCCC(=O)C(C)(C)N1CCCCC1. The summed E-state index contributed by atoms with van der Waals surface area (Å²) in [6.45, 7) is 8.64. The summed E-state index contributed by atoms with van der Waals surface area (Å²) in [7, 11) is 0. The van der Waals surface area contributed by atoms with Crippen LogP contribution in [0.1, 0.15) is 72.1 Å². The summed E-state index contributed by atoms with van der Waals surface area (Å²) in [5.74, 6) is 0.440. The molecule has 17 heavy (non-hydrogen) atoms. The lowest BCUT2D eigenvalue weighted by atomic mass is 9.90. The maximum Gasteiger partial charge on any atom is 0.152 e. The second-order valence-corrected chi connectivity index (χ2v) is 5.84. The minimum absolute atomic E-state index is 0.230. The predicted octanol–water partition coefficient (Wildman–Crippen LogP) is 3.79. The fourth-order valence-electron chi connectivity index (χ4n) is 2.65. The standard InChI is InChI=1S/C15H29NO/c1-4-5-6-8-11-14(17)15(2,3)16-12-9-7-10-13-16/h4-13H2,1-3H3. The number of piperidine rings is 1. The van der Waals surface area contributed by atoms with Crippen molar-refractivity contribution in [2.45, 2.75) is 77.7 Å². The summed E-state index contributed by atoms with van der Waals surface area (Å²) in [5, 5.41) is 0. The first-order valence-corrected chi connectivity index (χ1v) is 7.37. The van der Waals surface area contributed by atoms with E-state index in [1.165, 1.54) is 38.5 Å². The van der Waals surface area contributed by atoms with Crippen LogP contribution < -0.4 is 0 Å². The van der Waals surface area contributed by atoms with Gasteiger partial charge in [-0.1, -0.05) is 32.6 Å². The minimum Gasteiger partial charge on any atom is -0.298 e. The summed E-state index contributed by atoms with van der Waals surface area (Å²) in [6, 6.07) is 0. The van der Waals surface area contributed by atoms with Crippen LogP contribution in [0, 0.1) is 0 Å². The molecule has 100 valence electrons. The fraction of sp³-hybridized carbons (Fsp3) is 0.933. The number of hydrogen-bond acceptors (Lipinski definition) is 2. The van der Waals surface area contributed by atoms with Gasteiger partial charge in [-0.05, 0) is 46.2 Å². The smallest absolute Gasteiger partial charge is 0.152 e. The van der Waals surface area contributed by atoms with E-state index in [1.54, 1.807) is 0 Å². The molecule has 0 aromatic rings. The van der Waals surface area contributed by atoms with Crippen LogP contribution in [-0.2, 0) is 4.79 Å². The maximum atomic E-state index is 12.3. The van der Waals surface area contributed by atoms with Crippen LogP contribution in [0.15, 0.2) is 0 Å². The zero-order valence-electron chi connectivity index (χ0n) is 11.9. The molecule has 1 saturated heterocycles. The van der Waals surface area contributed by atoms with Gasteiger partial charge in [-0.25, -0.2) is 0 Å². The van der Waals surface area contributed by atoms with Crippen LogP contribution in [0.2, 0.25) is 0 Å². The molecule has 0 aromatic carbocycles. The molecule has 0 aromatic heterocycles. The molecule has 0 bridgehead atoms. The van der Waals surface area contributed by atoms with Crippen LogP contribution in [0.25, 0.3) is 0 Å². The van der Waals surface area contributed by atoms with Gasteiger partial charge in [0.25, 0.3) is 0 Å². The van der Waals surface area contributed by atoms with Crippen molar-refractivity contribution >= 4 is 5.78 Å². The van der Waals surface area contributed by atoms with Gasteiger partial charge in [0.2, 0.25) is 0 Å². The van der Waals surface area contributed by atoms with Crippen LogP contribution >= 0.6 is 0 Å². The highest BCUT2D eigenvalue weighted by Crippen LogP contribution is 2.23. The molecule has 2 nitrogen and oxygen atoms in total. The van der Waals surface area contributed by atoms with Crippen molar-refractivity contribution in [1.82, 2.24) is 4.90 Å². The highest BCUT2D eigenvalue weighted by atomic mass is 16.1. The maximum absolute atomic E-state index is 12.3. The third-order valence-corrected chi connectivity index (χ3v) is 4.09. The van der Waals surface area contributed by atoms with Crippen molar-refractivity contribution in [1.29, 1.82) is 0 Å². The number of nitrogens with zero attached hydrogens (tertiary/aromatic N) is 1. The fourth-order valence-corrected chi connectivity index (χ4v) is 2.65. The quantitative estimate of drug-likeness (QED) is 0.630. The zero-order valence-corrected chi connectivity index (χ0v) is 11.9. The van der Waals surface area contributed by atoms with Crippen LogP contribution in [0.3, 0.4) is 0 Å². The van der Waals surface area contributed by atoms with Gasteiger partial charge in [0.05, 0.1) is 5.54 Å². The Labute approximate surface area is 107 Å². The van der Waals surface area contributed by atoms with E-state index in [9.17, 15) is 4.79 Å². The highest BCUT2D eigenvalue weighted by molar-refractivity contribution is 5.87. The number of carbonyl (C=O) groups is 1. The molecule has 0 radical (unpaired) electrons. The first-order valence-electron chi connectivity index (χ1n) is 7.37. The molecule has 0 spiro atoms. The van der Waals surface area contributed by atoms with Gasteiger partial charge in [0.15, 0.2) is 5.78 Å². The van der Waals surface area contributed by atoms with Crippen molar-refractivity contribution < 1.29 is 4.79 Å². The van der Waals surface area contributed by atoms with E-state index in [0.29, 0.717) is 5.78 Å². The summed E-state index contributed by atoms with van der Waals surface area (Å²) < 4.78 is 0. The second-order valence-electron chi connectivity index (χ2n) is 5.84. The number of hydrogen-bond donors (Lipinski definition) is 0. The van der Waals surface area contributed by atoms with Gasteiger partial charge in [-0.3, -0.25) is 9.69 Å². The number of carbonyl (C=O) groups excluding carboxylic acids is 1. The van der Waals surface area contributed by atoms with Gasteiger partial charge in [-0.15, -0.1) is 0 Å². The van der Waals surface area contributed by atoms with E-state index in [2.05, 4.69) is 25.7 Å². The number of rotatable bonds is 7. The Hall–Kier alpha value is -0.370. The Bertz CT molecular complexity index is 229. The molecule has 2 heteroatoms. The summed E-state index contributed by atoms with van der Waals surface area (Å²) in [4.78, 5) is 14.7. The Balaban J connectivity index is 2.36. The average molecular weight is 239 g/mol. The molecule has 0 N–H and O–H groups in total. The summed E-state index contributed by atoms with van der Waals surface area (Å²) in [6.07, 6.45) is 9.39. The Morgan fingerprint density at radius 1 is 1.06 bits per heavy atom. The van der Waals surface area contributed by atoms with Crippen molar-refractivity contribution in [2.24, 2.45) is 0 Å². The molecule has 1 fully saturated rings. The van der Waals surface area contributed by atoms with E-state index in [4.69, 9.17) is 0 Å². The molecule has 1 rings (SSSR count). The Morgan fingerprint density at radius 2 is 1.71 bits per heavy atom. The second kappa shape index (κ2) is 7.15. The third kappa shape index (κ3) is 4.42. The van der Waals surface area contributed by atoms with Crippen LogP contribution in [0.5, 0.6) is 0 Å². The summed E-state index contributed by atoms with van der Waals surface area (Å²) >= 11 is 0. The van der Waals surface area contributed by atoms with E-state index in [1.807, 2.05) is 0 Å². The van der Waals surface area contributed by atoms with E-state index >= 15 is 0 Å². The molecule has 1 heterocycles. The molecular weight excluding hydrogens is 210 g/mol. The van der Waals surface area contributed by atoms with Gasteiger partial charge in [-0.2, -0.15) is 0 Å². The topological polar surface area (TPSA) is 20.3 Å². The van der Waals surface area contributed by atoms with Gasteiger partial charge in [0, 0.05) is 6.42 Å². The number of likely N-dealkylation sites (tertiary alicyclic amines) is 1. The summed E-state index contributed by atoms with van der Waals surface area (Å²) in [5.41, 5.74) is -0.230. The van der Waals surface area contributed by atoms with Crippen molar-refractivity contribution in [2.75, 3.05) is 13.1 Å². The lowest BCUT2D eigenvalue weighted by molar-refractivity contribution is -0.130. The van der Waals surface area contributed by atoms with E-state index in [-0.39, 0.29) is 5.54 Å². The molecule has 1 aliphatic heterocycles. The van der Waals surface area contributed by atoms with Gasteiger partial charge in [0.1, 0.15) is 0 Å². The number of unbranched alkanes of at least 4 members (excludes halogenated alkanes) is 3. The third-order valence-electron chi connectivity index (χ3n) is 4.09. The highest BCUT2D eigenvalue weighted by Gasteiger charge is 2.33. The molecular formula is C15H29NO. The zero-order chi connectivity index (χ0) is 12.7. The number of ketones is 1. The van der Waals surface area contributed by atoms with Gasteiger partial charge >= 0.3 is 0 Å². The first kappa shape index (κ1) is 14.7. The Kier molecular flexibility index (Phi) is 6.18. The number of Topliss-reactive ketones (excluding diaryl/α,β-unsaturated/α-hetero) is 1. The van der Waals surface area contributed by atoms with Gasteiger partial charge < -0.3 is 0 Å². The molecule has 1 aliphatic rings. The molecule has 0 unspecified atom stereocenters. The lowest BCUT2D eigenvalue weighted by Gasteiger charge is -2.39. The first-order chi connectivity index (χ1) is 8.09. The van der Waals surface area contributed by atoms with Crippen LogP contribution in [-0.4, -0.2) is 29.3 Å². The molecule has 0 atom stereocenters. The Morgan fingerprint density at radius 3 is 2.29 bits per heavy atom. The molecule has 0 saturated carbocycles. The van der Waals surface area contributed by atoms with E-state index in [0.717, 1.165) is 25.9 Å². The predicted molar refractivity (Wildman–Crippen MR) is 73.3 cm³/mol. The van der Waals surface area contributed by atoms with Crippen LogP contribution in [0.4, 0.5) is 0 Å². The largest absolute Gasteiger partial charge is 0.298 e. The molecule has 0 aliphatic carbocycles. The molecule has 0 amide bonds. The normalized spacial score (nSPS) is 18.3. The average Bonchev–Trinajstić information content (AvgIpc) is 2.35. The monoisotopic (exact) mass is 239 g/mol.